The zero-order valence-corrected chi connectivity index (χ0v) is 19.6. The number of alkyl halides is 2. The number of nitrogens with one attached hydrogen (secondary N) is 2. The summed E-state index contributed by atoms with van der Waals surface area (Å²) in [5, 5.41) is 6.62. The second kappa shape index (κ2) is 12.3. The topological polar surface area (TPSA) is 66.0 Å². The highest BCUT2D eigenvalue weighted by Crippen LogP contribution is 2.27. The quantitative estimate of drug-likeness (QED) is 0.319. The molecule has 0 radical (unpaired) electrons. The number of carbonyl (C=O) groups is 1. The molecule has 1 saturated carbocycles. The van der Waals surface area contributed by atoms with Crippen molar-refractivity contribution in [2.75, 3.05) is 26.7 Å². The number of carbonyl (C=O) groups excluding carboxylic acids is 1. The Labute approximate surface area is 193 Å². The second-order valence-electron chi connectivity index (χ2n) is 7.67. The van der Waals surface area contributed by atoms with E-state index in [0.29, 0.717) is 30.7 Å². The number of guanidine groups is 1. The number of hydrogen-bond donors (Lipinski definition) is 2. The Morgan fingerprint density at radius 2 is 2.07 bits per heavy atom. The van der Waals surface area contributed by atoms with Gasteiger partial charge >= 0.3 is 0 Å². The van der Waals surface area contributed by atoms with Crippen LogP contribution in [-0.2, 0) is 11.3 Å². The van der Waals surface area contributed by atoms with Crippen molar-refractivity contribution in [3.05, 3.63) is 29.8 Å². The summed E-state index contributed by atoms with van der Waals surface area (Å²) in [7, 11) is 1.70. The van der Waals surface area contributed by atoms with Gasteiger partial charge in [0.05, 0.1) is 0 Å². The first-order chi connectivity index (χ1) is 14.0. The lowest BCUT2D eigenvalue weighted by Crippen LogP contribution is -2.45. The second-order valence-corrected chi connectivity index (χ2v) is 7.67. The van der Waals surface area contributed by atoms with Crippen molar-refractivity contribution in [2.24, 2.45) is 10.9 Å². The first kappa shape index (κ1) is 24.6. The molecule has 0 bridgehead atoms. The Hall–Kier alpha value is -1.65. The Balaban J connectivity index is 0.00000320. The van der Waals surface area contributed by atoms with Crippen LogP contribution in [0.15, 0.2) is 29.3 Å². The highest BCUT2D eigenvalue weighted by Gasteiger charge is 2.32. The van der Waals surface area contributed by atoms with Crippen molar-refractivity contribution in [2.45, 2.75) is 51.1 Å². The number of hydrogen-bond acceptors (Lipinski definition) is 3. The zero-order chi connectivity index (χ0) is 20.6. The molecule has 6 nitrogen and oxygen atoms in total. The summed E-state index contributed by atoms with van der Waals surface area (Å²) in [5.74, 6) is 1.59. The molecule has 1 aliphatic heterocycles. The fourth-order valence-corrected chi connectivity index (χ4v) is 3.99. The standard InChI is InChI=1S/C21H30F2N4O2.HI/c1-24-21(25-12-15-5-4-8-18(11-15)29-14-19(22)23)26-17-9-10-27(13-17)20(28)16-6-2-3-7-16;/h4-5,8,11,16-17,19H,2-3,6-7,9-10,12-14H2,1H3,(H2,24,25,26);1H. The Bertz CT molecular complexity index is 714. The number of aliphatic imine (C=N–C) groups is 1. The molecular weight excluding hydrogens is 505 g/mol. The Morgan fingerprint density at radius 3 is 2.77 bits per heavy atom. The SMILES string of the molecule is CN=C(NCc1cccc(OCC(F)F)c1)NC1CCN(C(=O)C2CCCC2)C1.I. The summed E-state index contributed by atoms with van der Waals surface area (Å²) < 4.78 is 29.7. The predicted molar refractivity (Wildman–Crippen MR) is 124 cm³/mol. The first-order valence-corrected chi connectivity index (χ1v) is 10.3. The van der Waals surface area contributed by atoms with E-state index in [4.69, 9.17) is 4.74 Å². The molecule has 2 aliphatic rings. The van der Waals surface area contributed by atoms with E-state index < -0.39 is 13.0 Å². The van der Waals surface area contributed by atoms with Crippen molar-refractivity contribution < 1.29 is 18.3 Å². The Kier molecular flexibility index (Phi) is 10.1. The molecule has 1 unspecified atom stereocenters. The van der Waals surface area contributed by atoms with Gasteiger partial charge in [-0.1, -0.05) is 25.0 Å². The van der Waals surface area contributed by atoms with Crippen LogP contribution in [0.25, 0.3) is 0 Å². The maximum atomic E-state index is 12.6. The maximum Gasteiger partial charge on any atom is 0.272 e. The smallest absolute Gasteiger partial charge is 0.272 e. The van der Waals surface area contributed by atoms with Gasteiger partial charge in [-0.3, -0.25) is 9.79 Å². The van der Waals surface area contributed by atoms with Gasteiger partial charge in [0.15, 0.2) is 5.96 Å². The molecule has 9 heteroatoms. The maximum absolute atomic E-state index is 12.6. The van der Waals surface area contributed by atoms with Crippen LogP contribution >= 0.6 is 24.0 Å². The Morgan fingerprint density at radius 1 is 1.30 bits per heavy atom. The fourth-order valence-electron chi connectivity index (χ4n) is 3.99. The summed E-state index contributed by atoms with van der Waals surface area (Å²) in [6, 6.07) is 7.24. The van der Waals surface area contributed by atoms with Gasteiger partial charge in [0.2, 0.25) is 5.91 Å². The number of rotatable bonds is 7. The van der Waals surface area contributed by atoms with Crippen molar-refractivity contribution >= 4 is 35.8 Å². The molecule has 1 heterocycles. The predicted octanol–water partition coefficient (Wildman–Crippen LogP) is 3.40. The molecule has 168 valence electrons. The van der Waals surface area contributed by atoms with E-state index in [0.717, 1.165) is 44.2 Å². The highest BCUT2D eigenvalue weighted by atomic mass is 127. The number of nitrogens with zero attached hydrogens (tertiary/aromatic N) is 2. The lowest BCUT2D eigenvalue weighted by Gasteiger charge is -2.21. The van der Waals surface area contributed by atoms with E-state index in [-0.39, 0.29) is 35.9 Å². The van der Waals surface area contributed by atoms with Crippen LogP contribution in [0, 0.1) is 5.92 Å². The summed E-state index contributed by atoms with van der Waals surface area (Å²) in [4.78, 5) is 18.8. The van der Waals surface area contributed by atoms with E-state index in [1.165, 1.54) is 0 Å². The lowest BCUT2D eigenvalue weighted by atomic mass is 10.1. The van der Waals surface area contributed by atoms with Crippen LogP contribution in [0.2, 0.25) is 0 Å². The lowest BCUT2D eigenvalue weighted by molar-refractivity contribution is -0.134. The molecule has 2 fully saturated rings. The van der Waals surface area contributed by atoms with Crippen LogP contribution < -0.4 is 15.4 Å². The number of halogens is 3. The van der Waals surface area contributed by atoms with Crippen LogP contribution in [0.4, 0.5) is 8.78 Å². The van der Waals surface area contributed by atoms with Gasteiger partial charge in [0.1, 0.15) is 12.4 Å². The number of ether oxygens (including phenoxy) is 1. The van der Waals surface area contributed by atoms with E-state index >= 15 is 0 Å². The van der Waals surface area contributed by atoms with Gasteiger partial charge in [-0.2, -0.15) is 0 Å². The molecule has 2 N–H and O–H groups in total. The minimum absolute atomic E-state index is 0. The van der Waals surface area contributed by atoms with Crippen molar-refractivity contribution in [3.63, 3.8) is 0 Å². The largest absolute Gasteiger partial charge is 0.488 e. The van der Waals surface area contributed by atoms with E-state index in [9.17, 15) is 13.6 Å². The zero-order valence-electron chi connectivity index (χ0n) is 17.3. The molecule has 0 aromatic heterocycles. The third-order valence-electron chi connectivity index (χ3n) is 5.50. The third-order valence-corrected chi connectivity index (χ3v) is 5.50. The monoisotopic (exact) mass is 536 g/mol. The van der Waals surface area contributed by atoms with Gasteiger partial charge in [0.25, 0.3) is 6.43 Å². The van der Waals surface area contributed by atoms with Crippen molar-refractivity contribution in [1.82, 2.24) is 15.5 Å². The molecule has 3 rings (SSSR count). The average molecular weight is 536 g/mol. The van der Waals surface area contributed by atoms with Crippen molar-refractivity contribution in [3.8, 4) is 5.75 Å². The minimum Gasteiger partial charge on any atom is -0.488 e. The molecule has 1 aromatic carbocycles. The fraction of sp³-hybridized carbons (Fsp3) is 0.619. The molecule has 1 amide bonds. The van der Waals surface area contributed by atoms with E-state index in [1.54, 1.807) is 25.2 Å². The van der Waals surface area contributed by atoms with E-state index in [1.807, 2.05) is 11.0 Å². The molecule has 1 atom stereocenters. The summed E-state index contributed by atoms with van der Waals surface area (Å²) in [6.45, 7) is 1.36. The van der Waals surface area contributed by atoms with Gasteiger partial charge in [-0.25, -0.2) is 8.78 Å². The van der Waals surface area contributed by atoms with Gasteiger partial charge in [0, 0.05) is 38.6 Å². The molecule has 0 spiro atoms. The van der Waals surface area contributed by atoms with Gasteiger partial charge < -0.3 is 20.3 Å². The molecule has 1 aromatic rings. The third kappa shape index (κ3) is 7.24. The molecule has 30 heavy (non-hydrogen) atoms. The van der Waals surface area contributed by atoms with Crippen LogP contribution in [0.1, 0.15) is 37.7 Å². The summed E-state index contributed by atoms with van der Waals surface area (Å²) >= 11 is 0. The average Bonchev–Trinajstić information content (AvgIpc) is 3.41. The highest BCUT2D eigenvalue weighted by molar-refractivity contribution is 14.0. The molecular formula is C21H31F2IN4O2. The normalized spacial score (nSPS) is 19.7. The van der Waals surface area contributed by atoms with E-state index in [2.05, 4.69) is 15.6 Å². The number of benzene rings is 1. The van der Waals surface area contributed by atoms with Gasteiger partial charge in [-0.05, 0) is 37.0 Å². The molecule has 1 aliphatic carbocycles. The van der Waals surface area contributed by atoms with Crippen LogP contribution in [-0.4, -0.2) is 56.0 Å². The van der Waals surface area contributed by atoms with Crippen LogP contribution in [0.3, 0.4) is 0 Å². The van der Waals surface area contributed by atoms with Crippen molar-refractivity contribution in [1.29, 1.82) is 0 Å². The number of amides is 1. The minimum atomic E-state index is -2.49. The summed E-state index contributed by atoms with van der Waals surface area (Å²) in [5.41, 5.74) is 0.907. The summed E-state index contributed by atoms with van der Waals surface area (Å²) in [6.07, 6.45) is 2.78. The van der Waals surface area contributed by atoms with Crippen LogP contribution in [0.5, 0.6) is 5.75 Å². The molecule has 1 saturated heterocycles. The first-order valence-electron chi connectivity index (χ1n) is 10.3. The van der Waals surface area contributed by atoms with Gasteiger partial charge in [-0.15, -0.1) is 24.0 Å². The number of likely N-dealkylation sites (tertiary alicyclic amines) is 1.